The average molecular weight is 231 g/mol. The van der Waals surface area contributed by atoms with Gasteiger partial charge in [0.2, 0.25) is 17.7 Å². The Kier molecular flexibility index (Phi) is 3.96. The predicted octanol–water partition coefficient (Wildman–Crippen LogP) is -1.84. The maximum absolute atomic E-state index is 11.4. The highest BCUT2D eigenvalue weighted by atomic mass is 32.1. The number of carbonyl (C=O) groups is 3. The summed E-state index contributed by atoms with van der Waals surface area (Å²) < 4.78 is 0. The van der Waals surface area contributed by atoms with E-state index in [0.29, 0.717) is 0 Å². The average Bonchev–Trinajstić information content (AvgIpc) is 2.18. The third-order valence-electron chi connectivity index (χ3n) is 2.13. The minimum atomic E-state index is -0.666. The van der Waals surface area contributed by atoms with E-state index in [9.17, 15) is 14.4 Å². The van der Waals surface area contributed by atoms with E-state index in [1.807, 2.05) is 0 Å². The summed E-state index contributed by atoms with van der Waals surface area (Å²) >= 11 is 3.93. The molecule has 0 radical (unpaired) electrons. The zero-order valence-corrected chi connectivity index (χ0v) is 8.92. The Labute approximate surface area is 92.4 Å². The summed E-state index contributed by atoms with van der Waals surface area (Å²) in [6.45, 7) is 0. The smallest absolute Gasteiger partial charge is 0.244 e. The fraction of sp³-hybridized carbons (Fsp3) is 0.625. The van der Waals surface area contributed by atoms with E-state index in [0.717, 1.165) is 0 Å². The van der Waals surface area contributed by atoms with Gasteiger partial charge in [0, 0.05) is 12.2 Å². The molecule has 0 aliphatic carbocycles. The van der Waals surface area contributed by atoms with Crippen LogP contribution in [0.2, 0.25) is 0 Å². The summed E-state index contributed by atoms with van der Waals surface area (Å²) in [6.07, 6.45) is 0.302. The maximum Gasteiger partial charge on any atom is 0.244 e. The number of hydrogen-bond donors (Lipinski definition) is 4. The van der Waals surface area contributed by atoms with E-state index in [2.05, 4.69) is 23.3 Å². The van der Waals surface area contributed by atoms with E-state index in [-0.39, 0.29) is 30.4 Å². The van der Waals surface area contributed by atoms with Crippen molar-refractivity contribution in [2.24, 2.45) is 5.73 Å². The highest BCUT2D eigenvalue weighted by Gasteiger charge is 2.32. The molecule has 1 rings (SSSR count). The molecule has 1 heterocycles. The Hall–Kier alpha value is -1.24. The molecule has 0 aromatic rings. The zero-order chi connectivity index (χ0) is 11.4. The topological polar surface area (TPSA) is 101 Å². The van der Waals surface area contributed by atoms with E-state index in [1.54, 1.807) is 0 Å². The van der Waals surface area contributed by atoms with Gasteiger partial charge in [0.1, 0.15) is 12.1 Å². The van der Waals surface area contributed by atoms with Crippen LogP contribution in [0.1, 0.15) is 12.8 Å². The fourth-order valence-electron chi connectivity index (χ4n) is 1.29. The highest BCUT2D eigenvalue weighted by molar-refractivity contribution is 7.80. The summed E-state index contributed by atoms with van der Waals surface area (Å²) in [5, 5.41) is 5.03. The number of nitrogens with one attached hydrogen (secondary N) is 2. The second kappa shape index (κ2) is 5.01. The quantitative estimate of drug-likeness (QED) is 0.428. The fourth-order valence-corrected chi connectivity index (χ4v) is 1.55. The molecular weight excluding hydrogens is 218 g/mol. The largest absolute Gasteiger partial charge is 0.370 e. The van der Waals surface area contributed by atoms with Gasteiger partial charge < -0.3 is 16.4 Å². The molecule has 15 heavy (non-hydrogen) atoms. The van der Waals surface area contributed by atoms with Crippen molar-refractivity contribution in [3.63, 3.8) is 0 Å². The summed E-state index contributed by atoms with van der Waals surface area (Å²) in [5.41, 5.74) is 4.95. The SMILES string of the molecule is NC(=O)CC[C@@H]1NC(=O)[C@H](CS)NC1=O. The molecule has 1 aliphatic rings. The van der Waals surface area contributed by atoms with Crippen LogP contribution in [-0.4, -0.2) is 35.6 Å². The van der Waals surface area contributed by atoms with Crippen molar-refractivity contribution < 1.29 is 14.4 Å². The first-order chi connectivity index (χ1) is 7.04. The molecule has 3 amide bonds. The second-order valence-corrected chi connectivity index (χ2v) is 3.68. The van der Waals surface area contributed by atoms with Crippen LogP contribution in [0.3, 0.4) is 0 Å². The van der Waals surface area contributed by atoms with Crippen LogP contribution < -0.4 is 16.4 Å². The molecule has 1 fully saturated rings. The molecule has 4 N–H and O–H groups in total. The Bertz CT molecular complexity index is 295. The number of hydrogen-bond acceptors (Lipinski definition) is 4. The zero-order valence-electron chi connectivity index (χ0n) is 8.03. The van der Waals surface area contributed by atoms with Crippen LogP contribution in [0.25, 0.3) is 0 Å². The van der Waals surface area contributed by atoms with E-state index in [1.165, 1.54) is 0 Å². The Morgan fingerprint density at radius 3 is 2.33 bits per heavy atom. The summed E-state index contributed by atoms with van der Waals surface area (Å²) in [4.78, 5) is 33.3. The lowest BCUT2D eigenvalue weighted by Gasteiger charge is -2.28. The minimum Gasteiger partial charge on any atom is -0.370 e. The van der Waals surface area contributed by atoms with E-state index < -0.39 is 18.0 Å². The highest BCUT2D eigenvalue weighted by Crippen LogP contribution is 2.04. The van der Waals surface area contributed by atoms with Crippen LogP contribution in [0.4, 0.5) is 0 Å². The summed E-state index contributed by atoms with van der Waals surface area (Å²) in [6, 6.07) is -1.26. The van der Waals surface area contributed by atoms with Crippen molar-refractivity contribution in [3.05, 3.63) is 0 Å². The van der Waals surface area contributed by atoms with Crippen LogP contribution in [0, 0.1) is 0 Å². The van der Waals surface area contributed by atoms with Gasteiger partial charge in [-0.3, -0.25) is 14.4 Å². The molecule has 7 heteroatoms. The van der Waals surface area contributed by atoms with Crippen molar-refractivity contribution in [2.75, 3.05) is 5.75 Å². The van der Waals surface area contributed by atoms with E-state index in [4.69, 9.17) is 5.73 Å². The first-order valence-corrected chi connectivity index (χ1v) is 5.17. The molecule has 0 aromatic carbocycles. The molecule has 6 nitrogen and oxygen atoms in total. The van der Waals surface area contributed by atoms with Crippen molar-refractivity contribution in [2.45, 2.75) is 24.9 Å². The third-order valence-corrected chi connectivity index (χ3v) is 2.49. The molecule has 84 valence electrons. The lowest BCUT2D eigenvalue weighted by Crippen LogP contribution is -2.62. The van der Waals surface area contributed by atoms with Crippen molar-refractivity contribution in [1.82, 2.24) is 10.6 Å². The van der Waals surface area contributed by atoms with Gasteiger partial charge in [0.25, 0.3) is 0 Å². The molecule has 2 atom stereocenters. The molecule has 1 saturated heterocycles. The first-order valence-electron chi connectivity index (χ1n) is 4.54. The molecule has 0 unspecified atom stereocenters. The van der Waals surface area contributed by atoms with Gasteiger partial charge >= 0.3 is 0 Å². The van der Waals surface area contributed by atoms with Gasteiger partial charge in [-0.15, -0.1) is 0 Å². The third kappa shape index (κ3) is 3.12. The molecule has 0 saturated carbocycles. The molecule has 0 spiro atoms. The number of piperazine rings is 1. The van der Waals surface area contributed by atoms with Crippen molar-refractivity contribution >= 4 is 30.4 Å². The lowest BCUT2D eigenvalue weighted by atomic mass is 10.1. The maximum atomic E-state index is 11.4. The van der Waals surface area contributed by atoms with Gasteiger partial charge in [-0.25, -0.2) is 0 Å². The normalized spacial score (nSPS) is 25.7. The van der Waals surface area contributed by atoms with Crippen molar-refractivity contribution in [1.29, 1.82) is 0 Å². The van der Waals surface area contributed by atoms with Crippen LogP contribution in [0.5, 0.6) is 0 Å². The molecular formula is C8H13N3O3S. The standard InChI is InChI=1S/C8H13N3O3S/c9-6(12)2-1-4-7(13)11-5(3-15)8(14)10-4/h4-5,15H,1-3H2,(H2,9,12)(H,10,14)(H,11,13)/t4-,5-/m0/s1. The minimum absolute atomic E-state index is 0.0733. The van der Waals surface area contributed by atoms with Gasteiger partial charge in [-0.05, 0) is 6.42 Å². The van der Waals surface area contributed by atoms with Crippen LogP contribution >= 0.6 is 12.6 Å². The second-order valence-electron chi connectivity index (χ2n) is 3.31. The van der Waals surface area contributed by atoms with Crippen LogP contribution in [0.15, 0.2) is 0 Å². The Morgan fingerprint density at radius 1 is 1.27 bits per heavy atom. The molecule has 0 bridgehead atoms. The Morgan fingerprint density at radius 2 is 1.80 bits per heavy atom. The Balaban J connectivity index is 2.51. The van der Waals surface area contributed by atoms with Crippen molar-refractivity contribution in [3.8, 4) is 0 Å². The van der Waals surface area contributed by atoms with Crippen LogP contribution in [-0.2, 0) is 14.4 Å². The lowest BCUT2D eigenvalue weighted by molar-refractivity contribution is -0.136. The van der Waals surface area contributed by atoms with Gasteiger partial charge in [-0.2, -0.15) is 12.6 Å². The molecule has 1 aliphatic heterocycles. The number of carbonyl (C=O) groups excluding carboxylic acids is 3. The monoisotopic (exact) mass is 231 g/mol. The van der Waals surface area contributed by atoms with Gasteiger partial charge in [-0.1, -0.05) is 0 Å². The first kappa shape index (κ1) is 11.8. The van der Waals surface area contributed by atoms with E-state index >= 15 is 0 Å². The molecule has 0 aromatic heterocycles. The number of primary amides is 1. The summed E-state index contributed by atoms with van der Waals surface area (Å²) in [5.74, 6) is -0.817. The number of amides is 3. The van der Waals surface area contributed by atoms with Gasteiger partial charge in [0.05, 0.1) is 0 Å². The van der Waals surface area contributed by atoms with Gasteiger partial charge in [0.15, 0.2) is 0 Å². The number of rotatable bonds is 4. The summed E-state index contributed by atoms with van der Waals surface area (Å²) in [7, 11) is 0. The number of thiol groups is 1. The predicted molar refractivity (Wildman–Crippen MR) is 56.1 cm³/mol. The number of nitrogens with two attached hydrogens (primary N) is 1.